The zero-order valence-corrected chi connectivity index (χ0v) is 14.4. The highest BCUT2D eigenvalue weighted by atomic mass is 16.3. The Morgan fingerprint density at radius 2 is 1.60 bits per heavy atom. The fraction of sp³-hybridized carbons (Fsp3) is 0.130. The van der Waals surface area contributed by atoms with Crippen LogP contribution in [0.1, 0.15) is 12.7 Å². The van der Waals surface area contributed by atoms with Gasteiger partial charge in [-0.1, -0.05) is 55.5 Å². The average Bonchev–Trinajstić information content (AvgIpc) is 3.22. The molecule has 2 nitrogen and oxygen atoms in total. The summed E-state index contributed by atoms with van der Waals surface area (Å²) < 4.78 is 8.28. The number of hydrogen-bond donors (Lipinski definition) is 0. The summed E-state index contributed by atoms with van der Waals surface area (Å²) in [5, 5.41) is 5.06. The van der Waals surface area contributed by atoms with Gasteiger partial charge in [-0.2, -0.15) is 0 Å². The van der Waals surface area contributed by atoms with Crippen molar-refractivity contribution in [2.75, 3.05) is 0 Å². The molecule has 0 aliphatic heterocycles. The zero-order valence-electron chi connectivity index (χ0n) is 14.4. The van der Waals surface area contributed by atoms with E-state index in [1.807, 2.05) is 6.26 Å². The molecule has 2 aromatic heterocycles. The van der Waals surface area contributed by atoms with E-state index in [1.54, 1.807) is 0 Å². The normalized spacial score (nSPS) is 11.8. The van der Waals surface area contributed by atoms with Crippen molar-refractivity contribution in [3.05, 3.63) is 72.7 Å². The number of fused-ring (bicyclic) bond motifs is 5. The van der Waals surface area contributed by atoms with Crippen molar-refractivity contribution in [1.82, 2.24) is 4.57 Å². The van der Waals surface area contributed by atoms with Gasteiger partial charge in [0.15, 0.2) is 0 Å². The lowest BCUT2D eigenvalue weighted by Gasteiger charge is -2.07. The van der Waals surface area contributed by atoms with Crippen LogP contribution in [0.5, 0.6) is 0 Å². The molecule has 0 amide bonds. The summed E-state index contributed by atoms with van der Waals surface area (Å²) in [7, 11) is 2.15. The second-order valence-electron chi connectivity index (χ2n) is 6.56. The number of rotatable bonds is 2. The summed E-state index contributed by atoms with van der Waals surface area (Å²) in [4.78, 5) is 0. The number of aromatic nitrogens is 1. The van der Waals surface area contributed by atoms with Crippen LogP contribution in [0.2, 0.25) is 0 Å². The second-order valence-corrected chi connectivity index (χ2v) is 6.56. The van der Waals surface area contributed by atoms with Crippen LogP contribution in [0.4, 0.5) is 0 Å². The van der Waals surface area contributed by atoms with E-state index >= 15 is 0 Å². The van der Waals surface area contributed by atoms with Crippen LogP contribution in [0, 0.1) is 0 Å². The largest absolute Gasteiger partial charge is 0.468 e. The fourth-order valence-electron chi connectivity index (χ4n) is 4.05. The maximum Gasteiger partial charge on any atom is 0.112 e. The van der Waals surface area contributed by atoms with E-state index in [2.05, 4.69) is 79.2 Å². The molecule has 5 rings (SSSR count). The molecule has 0 unspecified atom stereocenters. The molecular weight excluding hydrogens is 306 g/mol. The van der Waals surface area contributed by atoms with E-state index in [0.717, 1.165) is 12.2 Å². The number of para-hydroxylation sites is 1. The van der Waals surface area contributed by atoms with Crippen molar-refractivity contribution in [3.8, 4) is 11.1 Å². The highest BCUT2D eigenvalue weighted by molar-refractivity contribution is 6.24. The van der Waals surface area contributed by atoms with Crippen LogP contribution < -0.4 is 0 Å². The summed E-state index contributed by atoms with van der Waals surface area (Å²) in [6.07, 6.45) is 2.82. The first-order chi connectivity index (χ1) is 12.3. The summed E-state index contributed by atoms with van der Waals surface area (Å²) >= 11 is 0. The first-order valence-corrected chi connectivity index (χ1v) is 8.75. The molecule has 5 aromatic rings. The summed E-state index contributed by atoms with van der Waals surface area (Å²) in [6, 6.07) is 21.5. The minimum Gasteiger partial charge on any atom is -0.468 e. The van der Waals surface area contributed by atoms with Gasteiger partial charge in [-0.05, 0) is 23.3 Å². The third-order valence-electron chi connectivity index (χ3n) is 5.25. The van der Waals surface area contributed by atoms with Gasteiger partial charge < -0.3 is 8.98 Å². The molecule has 2 heterocycles. The molecule has 3 aromatic carbocycles. The quantitative estimate of drug-likeness (QED) is 0.372. The Hall–Kier alpha value is -3.00. The number of nitrogens with zero attached hydrogens (tertiary/aromatic N) is 1. The summed E-state index contributed by atoms with van der Waals surface area (Å²) in [5.74, 6) is 1.06. The third kappa shape index (κ3) is 1.91. The minimum absolute atomic E-state index is 0.889. The first-order valence-electron chi connectivity index (χ1n) is 8.75. The fourth-order valence-corrected chi connectivity index (χ4v) is 4.05. The molecule has 0 aliphatic carbocycles. The maximum absolute atomic E-state index is 5.98. The number of benzene rings is 3. The van der Waals surface area contributed by atoms with Crippen LogP contribution in [-0.2, 0) is 13.5 Å². The number of aryl methyl sites for hydroxylation is 2. The van der Waals surface area contributed by atoms with Crippen molar-refractivity contribution < 1.29 is 4.42 Å². The molecule has 0 N–H and O–H groups in total. The predicted octanol–water partition coefficient (Wildman–Crippen LogP) is 6.31. The number of hydrogen-bond acceptors (Lipinski definition) is 1. The molecule has 0 saturated heterocycles. The Bertz CT molecular complexity index is 1230. The highest BCUT2D eigenvalue weighted by Gasteiger charge is 2.19. The van der Waals surface area contributed by atoms with Crippen molar-refractivity contribution in [2.24, 2.45) is 7.05 Å². The first kappa shape index (κ1) is 14.4. The van der Waals surface area contributed by atoms with Crippen LogP contribution in [0.15, 0.2) is 71.3 Å². The van der Waals surface area contributed by atoms with Crippen LogP contribution >= 0.6 is 0 Å². The molecule has 2 heteroatoms. The van der Waals surface area contributed by atoms with Gasteiger partial charge in [-0.25, -0.2) is 0 Å². The van der Waals surface area contributed by atoms with Gasteiger partial charge >= 0.3 is 0 Å². The van der Waals surface area contributed by atoms with Crippen molar-refractivity contribution in [3.63, 3.8) is 0 Å². The molecule has 0 bridgehead atoms. The molecule has 0 radical (unpaired) electrons. The number of furan rings is 1. The van der Waals surface area contributed by atoms with Gasteiger partial charge in [-0.15, -0.1) is 0 Å². The Balaban J connectivity index is 2.06. The van der Waals surface area contributed by atoms with Gasteiger partial charge in [-0.3, -0.25) is 0 Å². The molecule has 0 saturated carbocycles. The van der Waals surface area contributed by atoms with Crippen LogP contribution in [0.25, 0.3) is 43.7 Å². The topological polar surface area (TPSA) is 18.1 Å². The monoisotopic (exact) mass is 325 g/mol. The highest BCUT2D eigenvalue weighted by Crippen LogP contribution is 2.41. The Kier molecular flexibility index (Phi) is 3.01. The Morgan fingerprint density at radius 3 is 2.40 bits per heavy atom. The smallest absolute Gasteiger partial charge is 0.112 e. The zero-order chi connectivity index (χ0) is 17.0. The average molecular weight is 325 g/mol. The lowest BCUT2D eigenvalue weighted by atomic mass is 9.96. The van der Waals surface area contributed by atoms with Crippen molar-refractivity contribution in [2.45, 2.75) is 13.3 Å². The van der Waals surface area contributed by atoms with Gasteiger partial charge in [0, 0.05) is 40.5 Å². The molecule has 0 atom stereocenters. The Morgan fingerprint density at radius 1 is 0.840 bits per heavy atom. The van der Waals surface area contributed by atoms with E-state index in [1.165, 1.54) is 43.7 Å². The van der Waals surface area contributed by atoms with Crippen molar-refractivity contribution in [1.29, 1.82) is 0 Å². The van der Waals surface area contributed by atoms with E-state index in [4.69, 9.17) is 4.42 Å². The lowest BCUT2D eigenvalue weighted by Crippen LogP contribution is -1.88. The van der Waals surface area contributed by atoms with E-state index in [9.17, 15) is 0 Å². The second kappa shape index (κ2) is 5.25. The molecule has 0 spiro atoms. The SMILES string of the molecule is CCc1occ2c(-c3ccccc3)cc3c(c4ccccc4n3C)c12. The molecule has 0 fully saturated rings. The minimum atomic E-state index is 0.889. The molecule has 25 heavy (non-hydrogen) atoms. The lowest BCUT2D eigenvalue weighted by molar-refractivity contribution is 0.522. The Labute approximate surface area is 146 Å². The van der Waals surface area contributed by atoms with Gasteiger partial charge in [0.05, 0.1) is 11.8 Å². The van der Waals surface area contributed by atoms with Crippen molar-refractivity contribution >= 4 is 32.6 Å². The molecular formula is C23H19NO. The van der Waals surface area contributed by atoms with Crippen LogP contribution in [-0.4, -0.2) is 4.57 Å². The predicted molar refractivity (Wildman–Crippen MR) is 105 cm³/mol. The van der Waals surface area contributed by atoms with Gasteiger partial charge in [0.2, 0.25) is 0 Å². The molecule has 122 valence electrons. The van der Waals surface area contributed by atoms with E-state index in [0.29, 0.717) is 0 Å². The molecule has 0 aliphatic rings. The summed E-state index contributed by atoms with van der Waals surface area (Å²) in [5.41, 5.74) is 4.97. The third-order valence-corrected chi connectivity index (χ3v) is 5.25. The standard InChI is InChI=1S/C23H19NO/c1-3-21-23-18(14-25-21)17(15-9-5-4-6-10-15)13-20-22(23)16-11-7-8-12-19(16)24(20)2/h4-14H,3H2,1-2H3. The van der Waals surface area contributed by atoms with Crippen LogP contribution in [0.3, 0.4) is 0 Å². The van der Waals surface area contributed by atoms with E-state index in [-0.39, 0.29) is 0 Å². The van der Waals surface area contributed by atoms with E-state index < -0.39 is 0 Å². The summed E-state index contributed by atoms with van der Waals surface area (Å²) in [6.45, 7) is 2.16. The van der Waals surface area contributed by atoms with Gasteiger partial charge in [0.25, 0.3) is 0 Å². The van der Waals surface area contributed by atoms with Gasteiger partial charge in [0.1, 0.15) is 5.76 Å². The maximum atomic E-state index is 5.98.